The Kier molecular flexibility index (Phi) is 4.46. The summed E-state index contributed by atoms with van der Waals surface area (Å²) in [5.74, 6) is -1.34. The zero-order valence-electron chi connectivity index (χ0n) is 14.3. The molecule has 4 rings (SSSR count). The average molecular weight is 396 g/mol. The molecule has 1 aliphatic heterocycles. The quantitative estimate of drug-likeness (QED) is 0.618. The molecular weight excluding hydrogens is 377 g/mol. The molecule has 2 amide bonds. The Hall–Kier alpha value is -2.00. The highest BCUT2D eigenvalue weighted by atomic mass is 32.1. The minimum absolute atomic E-state index is 0.0641. The molecule has 1 aliphatic carbocycles. The first kappa shape index (κ1) is 18.4. The zero-order valence-corrected chi connectivity index (χ0v) is 15.2. The van der Waals surface area contributed by atoms with Gasteiger partial charge in [0.15, 0.2) is 0 Å². The normalized spacial score (nSPS) is 27.1. The highest BCUT2D eigenvalue weighted by Gasteiger charge is 2.53. The molecule has 144 valence electrons. The van der Waals surface area contributed by atoms with Crippen LogP contribution in [0.1, 0.15) is 12.8 Å². The largest absolute Gasteiger partial charge is 0.391 e. The lowest BCUT2D eigenvalue weighted by Crippen LogP contribution is -2.50. The number of carbonyl (C=O) groups excluding carboxylic acids is 1. The van der Waals surface area contributed by atoms with Crippen LogP contribution in [-0.2, 0) is 0 Å². The number of fused-ring (bicyclic) bond motifs is 1. The van der Waals surface area contributed by atoms with E-state index in [0.29, 0.717) is 5.69 Å². The number of hydrogen-bond acceptors (Lipinski definition) is 4. The van der Waals surface area contributed by atoms with E-state index >= 15 is 0 Å². The van der Waals surface area contributed by atoms with Gasteiger partial charge in [-0.15, -0.1) is 0 Å². The third-order valence-corrected chi connectivity index (χ3v) is 5.83. The van der Waals surface area contributed by atoms with Gasteiger partial charge in [-0.2, -0.15) is 25.8 Å². The molecule has 2 heterocycles. The minimum atomic E-state index is -4.21. The van der Waals surface area contributed by atoms with Crippen molar-refractivity contribution in [3.8, 4) is 0 Å². The summed E-state index contributed by atoms with van der Waals surface area (Å²) in [6, 6.07) is 6.30. The van der Waals surface area contributed by atoms with Gasteiger partial charge in [-0.25, -0.2) is 4.79 Å². The van der Waals surface area contributed by atoms with E-state index in [2.05, 4.69) is 17.6 Å². The van der Waals surface area contributed by atoms with Crippen LogP contribution in [0.3, 0.4) is 0 Å². The third-order valence-electron chi connectivity index (χ3n) is 5.49. The summed E-state index contributed by atoms with van der Waals surface area (Å²) in [4.78, 5) is 20.4. The standard InChI is InChI=1S/C18H19F3N4OS/c19-18(20,21)11-5-12(6-11)24-9-15(16(22)27)25(17(24)26)14-8-23-7-10-3-1-2-4-13(10)14/h1-4,7-8,11-12,15-16,27H,5-6,9,22H2/t11?,12?,15-,16?/m1/s1. The van der Waals surface area contributed by atoms with Gasteiger partial charge in [0.1, 0.15) is 0 Å². The zero-order chi connectivity index (χ0) is 19.3. The Labute approximate surface area is 159 Å². The number of carbonyl (C=O) groups is 1. The van der Waals surface area contributed by atoms with E-state index < -0.39 is 29.6 Å². The summed E-state index contributed by atoms with van der Waals surface area (Å²) in [7, 11) is 0. The number of thiol groups is 1. The van der Waals surface area contributed by atoms with Gasteiger partial charge in [-0.1, -0.05) is 24.3 Å². The van der Waals surface area contributed by atoms with E-state index in [9.17, 15) is 18.0 Å². The van der Waals surface area contributed by atoms with Crippen LogP contribution in [0, 0.1) is 5.92 Å². The van der Waals surface area contributed by atoms with Crippen LogP contribution >= 0.6 is 12.6 Å². The van der Waals surface area contributed by atoms with Crippen LogP contribution in [0.4, 0.5) is 23.7 Å². The van der Waals surface area contributed by atoms with E-state index in [-0.39, 0.29) is 25.4 Å². The highest BCUT2D eigenvalue weighted by molar-refractivity contribution is 7.81. The lowest BCUT2D eigenvalue weighted by molar-refractivity contribution is -0.204. The van der Waals surface area contributed by atoms with Gasteiger partial charge in [-0.05, 0) is 12.8 Å². The molecule has 0 spiro atoms. The fourth-order valence-corrected chi connectivity index (χ4v) is 4.12. The lowest BCUT2D eigenvalue weighted by Gasteiger charge is -2.41. The Bertz CT molecular complexity index is 864. The molecule has 2 atom stereocenters. The van der Waals surface area contributed by atoms with Gasteiger partial charge in [0, 0.05) is 29.6 Å². The predicted molar refractivity (Wildman–Crippen MR) is 99.6 cm³/mol. The minimum Gasteiger partial charge on any atom is -0.319 e. The number of anilines is 1. The predicted octanol–water partition coefficient (Wildman–Crippen LogP) is 3.40. The summed E-state index contributed by atoms with van der Waals surface area (Å²) in [6.45, 7) is 0.252. The van der Waals surface area contributed by atoms with E-state index in [1.807, 2.05) is 24.3 Å². The maximum atomic E-state index is 13.1. The Balaban J connectivity index is 1.65. The van der Waals surface area contributed by atoms with E-state index in [1.54, 1.807) is 12.4 Å². The monoisotopic (exact) mass is 396 g/mol. The molecule has 2 aliphatic rings. The van der Waals surface area contributed by atoms with E-state index in [0.717, 1.165) is 10.8 Å². The van der Waals surface area contributed by atoms with Crippen LogP contribution in [0.5, 0.6) is 0 Å². The van der Waals surface area contributed by atoms with Gasteiger partial charge in [0.25, 0.3) is 0 Å². The molecular formula is C18H19F3N4OS. The Morgan fingerprint density at radius 2 is 1.93 bits per heavy atom. The number of hydrogen-bond donors (Lipinski definition) is 2. The van der Waals surface area contributed by atoms with Gasteiger partial charge in [-0.3, -0.25) is 9.88 Å². The first-order valence-corrected chi connectivity index (χ1v) is 9.22. The molecule has 0 bridgehead atoms. The second kappa shape index (κ2) is 6.56. The van der Waals surface area contributed by atoms with Crippen molar-refractivity contribution >= 4 is 35.1 Å². The molecule has 1 aromatic heterocycles. The molecule has 1 unspecified atom stereocenters. The summed E-state index contributed by atoms with van der Waals surface area (Å²) in [5, 5.41) is 1.08. The van der Waals surface area contributed by atoms with Crippen LogP contribution in [0.15, 0.2) is 36.7 Å². The smallest absolute Gasteiger partial charge is 0.319 e. The summed E-state index contributed by atoms with van der Waals surface area (Å²) in [6.07, 6.45) is -1.05. The number of benzene rings is 1. The van der Waals surface area contributed by atoms with Crippen molar-refractivity contribution in [3.05, 3.63) is 36.7 Å². The molecule has 0 radical (unpaired) electrons. The fourth-order valence-electron chi connectivity index (χ4n) is 3.89. The van der Waals surface area contributed by atoms with Gasteiger partial charge >= 0.3 is 12.2 Å². The second-order valence-corrected chi connectivity index (χ2v) is 7.70. The van der Waals surface area contributed by atoms with Gasteiger partial charge in [0.2, 0.25) is 0 Å². The van der Waals surface area contributed by atoms with Crippen LogP contribution < -0.4 is 10.6 Å². The van der Waals surface area contributed by atoms with Gasteiger partial charge in [0.05, 0.1) is 29.2 Å². The molecule has 27 heavy (non-hydrogen) atoms. The molecule has 5 nitrogen and oxygen atoms in total. The summed E-state index contributed by atoms with van der Waals surface area (Å²) >= 11 is 4.31. The number of nitrogens with two attached hydrogens (primary N) is 1. The second-order valence-electron chi connectivity index (χ2n) is 7.11. The molecule has 1 aromatic carbocycles. The molecule has 1 saturated heterocycles. The van der Waals surface area contributed by atoms with Crippen molar-refractivity contribution in [1.82, 2.24) is 9.88 Å². The molecule has 2 N–H and O–H groups in total. The molecule has 9 heteroatoms. The van der Waals surface area contributed by atoms with E-state index in [1.165, 1.54) is 9.80 Å². The van der Waals surface area contributed by atoms with Crippen LogP contribution in [0.2, 0.25) is 0 Å². The van der Waals surface area contributed by atoms with Crippen molar-refractivity contribution in [2.75, 3.05) is 11.4 Å². The number of alkyl halides is 3. The van der Waals surface area contributed by atoms with Crippen molar-refractivity contribution in [1.29, 1.82) is 0 Å². The molecule has 2 fully saturated rings. The maximum absolute atomic E-state index is 13.1. The number of pyridine rings is 1. The highest BCUT2D eigenvalue weighted by Crippen LogP contribution is 2.45. The number of urea groups is 1. The maximum Gasteiger partial charge on any atom is 0.391 e. The number of nitrogens with zero attached hydrogens (tertiary/aromatic N) is 3. The summed E-state index contributed by atoms with van der Waals surface area (Å²) < 4.78 is 38.5. The third kappa shape index (κ3) is 3.12. The molecule has 2 aromatic rings. The topological polar surface area (TPSA) is 62.5 Å². The van der Waals surface area contributed by atoms with Crippen LogP contribution in [-0.4, -0.2) is 46.1 Å². The number of rotatable bonds is 3. The first-order chi connectivity index (χ1) is 12.8. The fraction of sp³-hybridized carbons (Fsp3) is 0.444. The van der Waals surface area contributed by atoms with E-state index in [4.69, 9.17) is 5.73 Å². The lowest BCUT2D eigenvalue weighted by atomic mass is 9.79. The SMILES string of the molecule is NC(S)[C@H]1CN(C2CC(C(F)(F)F)C2)C(=O)N1c1cncc2ccccc12. The average Bonchev–Trinajstić information content (AvgIpc) is 2.89. The number of amides is 2. The Morgan fingerprint density at radius 1 is 1.22 bits per heavy atom. The van der Waals surface area contributed by atoms with Crippen molar-refractivity contribution in [2.45, 2.75) is 36.5 Å². The Morgan fingerprint density at radius 3 is 2.59 bits per heavy atom. The van der Waals surface area contributed by atoms with Crippen LogP contribution in [0.25, 0.3) is 10.8 Å². The number of aromatic nitrogens is 1. The van der Waals surface area contributed by atoms with Crippen molar-refractivity contribution in [2.24, 2.45) is 11.7 Å². The van der Waals surface area contributed by atoms with Crippen molar-refractivity contribution in [3.63, 3.8) is 0 Å². The van der Waals surface area contributed by atoms with Crippen molar-refractivity contribution < 1.29 is 18.0 Å². The summed E-state index contributed by atoms with van der Waals surface area (Å²) in [5.41, 5.74) is 6.59. The number of halogens is 3. The molecule has 1 saturated carbocycles. The van der Waals surface area contributed by atoms with Gasteiger partial charge < -0.3 is 10.6 Å². The first-order valence-electron chi connectivity index (χ1n) is 8.70.